The minimum absolute atomic E-state index is 0.251. The van der Waals surface area contributed by atoms with Gasteiger partial charge in [-0.3, -0.25) is 4.90 Å². The quantitative estimate of drug-likeness (QED) is 0.639. The Morgan fingerprint density at radius 3 is 2.21 bits per heavy atom. The van der Waals surface area contributed by atoms with Crippen molar-refractivity contribution in [2.24, 2.45) is 0 Å². The van der Waals surface area contributed by atoms with Gasteiger partial charge in [-0.2, -0.15) is 0 Å². The van der Waals surface area contributed by atoms with Crippen LogP contribution in [0.4, 0.5) is 0 Å². The van der Waals surface area contributed by atoms with Gasteiger partial charge >= 0.3 is 0 Å². The molecule has 0 radical (unpaired) electrons. The van der Waals surface area contributed by atoms with Crippen LogP contribution in [-0.2, 0) is 6.54 Å². The standard InChI is InChI=1S/C22H29NO5/c1-25-19-7-9-20(10-8-19)28-15-18(24)14-23(17-5-6-17)13-16-4-11-21(26-2)22(12-16)27-3/h4,7-12,17-18,24H,5-6,13-15H2,1-3H3/t18-/m1/s1. The van der Waals surface area contributed by atoms with Crippen LogP contribution in [0.15, 0.2) is 42.5 Å². The largest absolute Gasteiger partial charge is 0.497 e. The molecular weight excluding hydrogens is 358 g/mol. The summed E-state index contributed by atoms with van der Waals surface area (Å²) in [6.45, 7) is 1.57. The van der Waals surface area contributed by atoms with Crippen molar-refractivity contribution in [2.45, 2.75) is 31.5 Å². The van der Waals surface area contributed by atoms with Crippen molar-refractivity contribution in [2.75, 3.05) is 34.5 Å². The number of rotatable bonds is 11. The van der Waals surface area contributed by atoms with Crippen LogP contribution in [0.25, 0.3) is 0 Å². The first-order chi connectivity index (χ1) is 13.6. The van der Waals surface area contributed by atoms with Crippen molar-refractivity contribution < 1.29 is 24.1 Å². The van der Waals surface area contributed by atoms with Gasteiger partial charge in [-0.1, -0.05) is 6.07 Å². The van der Waals surface area contributed by atoms with E-state index in [1.54, 1.807) is 21.3 Å². The minimum atomic E-state index is -0.567. The zero-order chi connectivity index (χ0) is 19.9. The third-order valence-electron chi connectivity index (χ3n) is 4.84. The number of hydrogen-bond donors (Lipinski definition) is 1. The van der Waals surface area contributed by atoms with E-state index in [1.807, 2.05) is 42.5 Å². The van der Waals surface area contributed by atoms with Gasteiger partial charge in [0.15, 0.2) is 11.5 Å². The molecule has 6 nitrogen and oxygen atoms in total. The van der Waals surface area contributed by atoms with Crippen LogP contribution in [0.1, 0.15) is 18.4 Å². The second kappa shape index (κ2) is 9.66. The molecule has 28 heavy (non-hydrogen) atoms. The SMILES string of the molecule is COc1ccc(OC[C@H](O)CN(Cc2ccc(OC)c(OC)c2)C2CC2)cc1. The van der Waals surface area contributed by atoms with Gasteiger partial charge in [-0.15, -0.1) is 0 Å². The molecule has 0 heterocycles. The third-order valence-corrected chi connectivity index (χ3v) is 4.84. The van der Waals surface area contributed by atoms with Crippen molar-refractivity contribution in [3.05, 3.63) is 48.0 Å². The summed E-state index contributed by atoms with van der Waals surface area (Å²) < 4.78 is 21.6. The molecule has 0 aromatic heterocycles. The Morgan fingerprint density at radius 1 is 0.929 bits per heavy atom. The highest BCUT2D eigenvalue weighted by Gasteiger charge is 2.30. The molecule has 2 aromatic carbocycles. The monoisotopic (exact) mass is 387 g/mol. The van der Waals surface area contributed by atoms with E-state index < -0.39 is 6.10 Å². The first kappa shape index (κ1) is 20.3. The molecule has 0 spiro atoms. The Hall–Kier alpha value is -2.44. The van der Waals surface area contributed by atoms with Crippen LogP contribution in [0.3, 0.4) is 0 Å². The summed E-state index contributed by atoms with van der Waals surface area (Å²) in [5, 5.41) is 10.5. The lowest BCUT2D eigenvalue weighted by molar-refractivity contribution is 0.0626. The van der Waals surface area contributed by atoms with Gasteiger partial charge in [0.2, 0.25) is 0 Å². The zero-order valence-corrected chi connectivity index (χ0v) is 16.8. The third kappa shape index (κ3) is 5.53. The molecule has 3 rings (SSSR count). The van der Waals surface area contributed by atoms with Crippen molar-refractivity contribution in [3.8, 4) is 23.0 Å². The molecule has 0 bridgehead atoms. The average Bonchev–Trinajstić information content (AvgIpc) is 3.57. The maximum atomic E-state index is 10.5. The van der Waals surface area contributed by atoms with E-state index >= 15 is 0 Å². The maximum Gasteiger partial charge on any atom is 0.161 e. The predicted octanol–water partition coefficient (Wildman–Crippen LogP) is 3.12. The van der Waals surface area contributed by atoms with Crippen LogP contribution in [0, 0.1) is 0 Å². The first-order valence-electron chi connectivity index (χ1n) is 9.52. The molecule has 1 aliphatic rings. The van der Waals surface area contributed by atoms with Gasteiger partial charge in [0.1, 0.15) is 24.2 Å². The molecule has 0 saturated heterocycles. The molecule has 1 saturated carbocycles. The molecule has 0 unspecified atom stereocenters. The van der Waals surface area contributed by atoms with Gasteiger partial charge < -0.3 is 24.1 Å². The second-order valence-electron chi connectivity index (χ2n) is 6.99. The summed E-state index contributed by atoms with van der Waals surface area (Å²) in [6.07, 6.45) is 1.77. The van der Waals surface area contributed by atoms with E-state index in [1.165, 1.54) is 12.8 Å². The summed E-state index contributed by atoms with van der Waals surface area (Å²) in [7, 11) is 4.90. The topological polar surface area (TPSA) is 60.4 Å². The van der Waals surface area contributed by atoms with Crippen molar-refractivity contribution in [3.63, 3.8) is 0 Å². The number of nitrogens with zero attached hydrogens (tertiary/aromatic N) is 1. The Morgan fingerprint density at radius 2 is 1.61 bits per heavy atom. The summed E-state index contributed by atoms with van der Waals surface area (Å²) in [5.74, 6) is 2.94. The van der Waals surface area contributed by atoms with Gasteiger partial charge in [0.25, 0.3) is 0 Å². The summed E-state index contributed by atoms with van der Waals surface area (Å²) in [6, 6.07) is 13.8. The fourth-order valence-corrected chi connectivity index (χ4v) is 3.18. The molecule has 0 amide bonds. The summed E-state index contributed by atoms with van der Waals surface area (Å²) in [5.41, 5.74) is 1.13. The average molecular weight is 387 g/mol. The van der Waals surface area contributed by atoms with Gasteiger partial charge in [0.05, 0.1) is 21.3 Å². The Labute approximate surface area is 166 Å². The maximum absolute atomic E-state index is 10.5. The van der Waals surface area contributed by atoms with Gasteiger partial charge in [-0.25, -0.2) is 0 Å². The highest BCUT2D eigenvalue weighted by atomic mass is 16.5. The molecule has 152 valence electrons. The van der Waals surface area contributed by atoms with E-state index in [9.17, 15) is 5.11 Å². The zero-order valence-electron chi connectivity index (χ0n) is 16.8. The van der Waals surface area contributed by atoms with Gasteiger partial charge in [0, 0.05) is 19.1 Å². The molecule has 1 atom stereocenters. The number of hydrogen-bond acceptors (Lipinski definition) is 6. The van der Waals surface area contributed by atoms with E-state index in [0.29, 0.717) is 12.6 Å². The van der Waals surface area contributed by atoms with E-state index in [2.05, 4.69) is 4.90 Å². The predicted molar refractivity (Wildman–Crippen MR) is 107 cm³/mol. The number of ether oxygens (including phenoxy) is 4. The lowest BCUT2D eigenvalue weighted by Crippen LogP contribution is -2.36. The second-order valence-corrected chi connectivity index (χ2v) is 6.99. The Bertz CT molecular complexity index is 745. The van der Waals surface area contributed by atoms with Crippen molar-refractivity contribution in [1.82, 2.24) is 4.90 Å². The molecule has 2 aromatic rings. The van der Waals surface area contributed by atoms with Crippen LogP contribution in [-0.4, -0.2) is 56.6 Å². The van der Waals surface area contributed by atoms with E-state index in [4.69, 9.17) is 18.9 Å². The smallest absolute Gasteiger partial charge is 0.161 e. The molecular formula is C22H29NO5. The molecule has 1 N–H and O–H groups in total. The highest BCUT2D eigenvalue weighted by molar-refractivity contribution is 5.42. The number of aliphatic hydroxyl groups excluding tert-OH is 1. The lowest BCUT2D eigenvalue weighted by Gasteiger charge is -2.25. The fraction of sp³-hybridized carbons (Fsp3) is 0.455. The van der Waals surface area contributed by atoms with E-state index in [-0.39, 0.29) is 6.61 Å². The van der Waals surface area contributed by atoms with Crippen LogP contribution in [0.5, 0.6) is 23.0 Å². The van der Waals surface area contributed by atoms with Crippen molar-refractivity contribution >= 4 is 0 Å². The van der Waals surface area contributed by atoms with Crippen LogP contribution in [0.2, 0.25) is 0 Å². The number of methoxy groups -OCH3 is 3. The number of aliphatic hydroxyl groups is 1. The molecule has 0 aliphatic heterocycles. The van der Waals surface area contributed by atoms with Crippen LogP contribution >= 0.6 is 0 Å². The summed E-state index contributed by atoms with van der Waals surface area (Å²) >= 11 is 0. The van der Waals surface area contributed by atoms with E-state index in [0.717, 1.165) is 35.1 Å². The first-order valence-corrected chi connectivity index (χ1v) is 9.52. The normalized spacial score (nSPS) is 14.6. The number of benzene rings is 2. The Balaban J connectivity index is 1.55. The molecule has 6 heteroatoms. The highest BCUT2D eigenvalue weighted by Crippen LogP contribution is 2.31. The lowest BCUT2D eigenvalue weighted by atomic mass is 10.1. The Kier molecular flexibility index (Phi) is 7.01. The minimum Gasteiger partial charge on any atom is -0.497 e. The van der Waals surface area contributed by atoms with Gasteiger partial charge in [-0.05, 0) is 54.8 Å². The van der Waals surface area contributed by atoms with Crippen LogP contribution < -0.4 is 18.9 Å². The molecule has 1 fully saturated rings. The molecule has 1 aliphatic carbocycles. The summed E-state index contributed by atoms with van der Waals surface area (Å²) in [4.78, 5) is 2.31. The fourth-order valence-electron chi connectivity index (χ4n) is 3.18. The van der Waals surface area contributed by atoms with Crippen molar-refractivity contribution in [1.29, 1.82) is 0 Å².